The number of oxazole rings is 1. The van der Waals surface area contributed by atoms with Gasteiger partial charge in [-0.3, -0.25) is 0 Å². The summed E-state index contributed by atoms with van der Waals surface area (Å²) in [6, 6.07) is 15.4. The number of halogens is 1. The summed E-state index contributed by atoms with van der Waals surface area (Å²) in [5.74, 6) is 0.702. The minimum absolute atomic E-state index is 0.623. The zero-order valence-electron chi connectivity index (χ0n) is 12.4. The maximum atomic E-state index is 5.97. The van der Waals surface area contributed by atoms with Crippen molar-refractivity contribution in [3.05, 3.63) is 64.6 Å². The third-order valence-corrected chi connectivity index (χ3v) is 5.15. The molecule has 0 bridgehead atoms. The van der Waals surface area contributed by atoms with Gasteiger partial charge in [-0.1, -0.05) is 41.6 Å². The normalized spacial score (nSPS) is 11.0. The molecule has 0 aliphatic rings. The smallest absolute Gasteiger partial charge is 0.257 e. The van der Waals surface area contributed by atoms with Gasteiger partial charge < -0.3 is 9.73 Å². The number of anilines is 2. The molecular formula is C17H12ClN3OS2. The van der Waals surface area contributed by atoms with Crippen LogP contribution in [0, 0.1) is 0 Å². The standard InChI is InChI=1S/C17H12ClN3OS2/c18-11-6-7-15-14(8-11)21-17(22-15)24-10-13-9-23-16(20-13)19-12-4-2-1-3-5-12/h1-9H,10H2,(H,19,20). The lowest BCUT2D eigenvalue weighted by Gasteiger charge is -2.00. The predicted molar refractivity (Wildman–Crippen MR) is 100 cm³/mol. The van der Waals surface area contributed by atoms with Crippen LogP contribution in [0.4, 0.5) is 10.8 Å². The van der Waals surface area contributed by atoms with Crippen molar-refractivity contribution in [1.29, 1.82) is 0 Å². The van der Waals surface area contributed by atoms with Gasteiger partial charge in [0.15, 0.2) is 10.7 Å². The average Bonchev–Trinajstić information content (AvgIpc) is 3.20. The number of thioether (sulfide) groups is 1. The summed E-state index contributed by atoms with van der Waals surface area (Å²) in [5, 5.41) is 7.49. The first kappa shape index (κ1) is 15.5. The summed E-state index contributed by atoms with van der Waals surface area (Å²) in [4.78, 5) is 9.02. The van der Waals surface area contributed by atoms with E-state index in [-0.39, 0.29) is 0 Å². The molecule has 0 atom stereocenters. The van der Waals surface area contributed by atoms with E-state index in [9.17, 15) is 0 Å². The number of nitrogens with zero attached hydrogens (tertiary/aromatic N) is 2. The lowest BCUT2D eigenvalue weighted by molar-refractivity contribution is 0.489. The highest BCUT2D eigenvalue weighted by molar-refractivity contribution is 7.98. The number of thiazole rings is 1. The molecule has 0 saturated carbocycles. The van der Waals surface area contributed by atoms with Gasteiger partial charge in [0.05, 0.1) is 5.69 Å². The van der Waals surface area contributed by atoms with E-state index in [4.69, 9.17) is 16.0 Å². The van der Waals surface area contributed by atoms with Crippen LogP contribution in [0.3, 0.4) is 0 Å². The molecule has 0 saturated heterocycles. The third-order valence-electron chi connectivity index (χ3n) is 3.25. The lowest BCUT2D eigenvalue weighted by atomic mass is 10.3. The molecule has 0 unspecified atom stereocenters. The zero-order valence-corrected chi connectivity index (χ0v) is 14.8. The molecule has 0 aliphatic heterocycles. The maximum absolute atomic E-state index is 5.97. The van der Waals surface area contributed by atoms with Gasteiger partial charge in [0.25, 0.3) is 5.22 Å². The number of hydrogen-bond acceptors (Lipinski definition) is 6. The van der Waals surface area contributed by atoms with Gasteiger partial charge in [-0.05, 0) is 30.3 Å². The third kappa shape index (κ3) is 3.56. The summed E-state index contributed by atoms with van der Waals surface area (Å²) in [6.07, 6.45) is 0. The van der Waals surface area contributed by atoms with E-state index in [2.05, 4.69) is 15.3 Å². The van der Waals surface area contributed by atoms with E-state index < -0.39 is 0 Å². The van der Waals surface area contributed by atoms with Crippen molar-refractivity contribution in [1.82, 2.24) is 9.97 Å². The number of benzene rings is 2. The first-order valence-electron chi connectivity index (χ1n) is 7.22. The Kier molecular flexibility index (Phi) is 4.42. The molecule has 0 fully saturated rings. The average molecular weight is 374 g/mol. The second kappa shape index (κ2) is 6.84. The molecule has 120 valence electrons. The van der Waals surface area contributed by atoms with Gasteiger partial charge in [-0.25, -0.2) is 9.97 Å². The van der Waals surface area contributed by atoms with Gasteiger partial charge in [0.1, 0.15) is 5.52 Å². The minimum Gasteiger partial charge on any atom is -0.431 e. The van der Waals surface area contributed by atoms with Crippen LogP contribution >= 0.6 is 34.7 Å². The van der Waals surface area contributed by atoms with Crippen molar-refractivity contribution >= 4 is 56.6 Å². The van der Waals surface area contributed by atoms with Crippen LogP contribution in [0.15, 0.2) is 63.6 Å². The van der Waals surface area contributed by atoms with E-state index in [0.29, 0.717) is 16.0 Å². The van der Waals surface area contributed by atoms with Crippen LogP contribution in [0.1, 0.15) is 5.69 Å². The predicted octanol–water partition coefficient (Wildman–Crippen LogP) is 5.97. The molecule has 0 aliphatic carbocycles. The molecule has 2 aromatic carbocycles. The highest BCUT2D eigenvalue weighted by Gasteiger charge is 2.09. The molecule has 4 rings (SSSR count). The molecule has 0 radical (unpaired) electrons. The molecular weight excluding hydrogens is 362 g/mol. The Morgan fingerprint density at radius 1 is 1.12 bits per heavy atom. The van der Waals surface area contributed by atoms with Crippen molar-refractivity contribution in [2.45, 2.75) is 11.0 Å². The molecule has 2 heterocycles. The monoisotopic (exact) mass is 373 g/mol. The summed E-state index contributed by atoms with van der Waals surface area (Å²) in [7, 11) is 0. The largest absolute Gasteiger partial charge is 0.431 e. The minimum atomic E-state index is 0.623. The second-order valence-corrected chi connectivity index (χ2v) is 7.24. The lowest BCUT2D eigenvalue weighted by Crippen LogP contribution is -1.89. The van der Waals surface area contributed by atoms with Gasteiger partial charge in [-0.15, -0.1) is 11.3 Å². The highest BCUT2D eigenvalue weighted by Crippen LogP contribution is 2.29. The zero-order chi connectivity index (χ0) is 16.4. The fourth-order valence-electron chi connectivity index (χ4n) is 2.15. The molecule has 4 nitrogen and oxygen atoms in total. The van der Waals surface area contributed by atoms with Crippen molar-refractivity contribution in [3.8, 4) is 0 Å². The Bertz CT molecular complexity index is 968. The number of hydrogen-bond donors (Lipinski definition) is 1. The Labute approximate surface area is 151 Å². The van der Waals surface area contributed by atoms with E-state index in [1.807, 2.05) is 41.8 Å². The van der Waals surface area contributed by atoms with E-state index >= 15 is 0 Å². The van der Waals surface area contributed by atoms with Crippen LogP contribution in [0.5, 0.6) is 0 Å². The van der Waals surface area contributed by atoms with Crippen LogP contribution < -0.4 is 5.32 Å². The van der Waals surface area contributed by atoms with E-state index in [0.717, 1.165) is 27.6 Å². The Balaban J connectivity index is 1.42. The van der Waals surface area contributed by atoms with Crippen molar-refractivity contribution in [3.63, 3.8) is 0 Å². The first-order valence-corrected chi connectivity index (χ1v) is 9.46. The van der Waals surface area contributed by atoms with Gasteiger partial charge in [-0.2, -0.15) is 0 Å². The number of para-hydroxylation sites is 1. The maximum Gasteiger partial charge on any atom is 0.257 e. The summed E-state index contributed by atoms with van der Waals surface area (Å²) < 4.78 is 5.70. The number of nitrogens with one attached hydrogen (secondary N) is 1. The van der Waals surface area contributed by atoms with Crippen LogP contribution in [-0.4, -0.2) is 9.97 Å². The van der Waals surface area contributed by atoms with Crippen LogP contribution in [0.25, 0.3) is 11.1 Å². The topological polar surface area (TPSA) is 51.0 Å². The SMILES string of the molecule is Clc1ccc2oc(SCc3csc(Nc4ccccc4)n3)nc2c1. The molecule has 4 aromatic rings. The van der Waals surface area contributed by atoms with Crippen LogP contribution in [-0.2, 0) is 5.75 Å². The molecule has 0 amide bonds. The quantitative estimate of drug-likeness (QED) is 0.436. The van der Waals surface area contributed by atoms with Crippen molar-refractivity contribution in [2.24, 2.45) is 0 Å². The molecule has 24 heavy (non-hydrogen) atoms. The van der Waals surface area contributed by atoms with E-state index in [1.54, 1.807) is 23.5 Å². The summed E-state index contributed by atoms with van der Waals surface area (Å²) in [6.45, 7) is 0. The summed E-state index contributed by atoms with van der Waals surface area (Å²) in [5.41, 5.74) is 3.53. The number of aromatic nitrogens is 2. The highest BCUT2D eigenvalue weighted by atomic mass is 35.5. The van der Waals surface area contributed by atoms with Crippen molar-refractivity contribution in [2.75, 3.05) is 5.32 Å². The molecule has 7 heteroatoms. The Morgan fingerprint density at radius 2 is 2.00 bits per heavy atom. The molecule has 2 aromatic heterocycles. The first-order chi connectivity index (χ1) is 11.8. The number of rotatable bonds is 5. The Hall–Kier alpha value is -2.02. The molecule has 1 N–H and O–H groups in total. The number of fused-ring (bicyclic) bond motifs is 1. The Morgan fingerprint density at radius 3 is 2.88 bits per heavy atom. The second-order valence-electron chi connectivity index (χ2n) is 5.02. The van der Waals surface area contributed by atoms with Gasteiger partial charge >= 0.3 is 0 Å². The molecule has 0 spiro atoms. The van der Waals surface area contributed by atoms with E-state index in [1.165, 1.54) is 11.8 Å². The summed E-state index contributed by atoms with van der Waals surface area (Å²) >= 11 is 9.07. The fraction of sp³-hybridized carbons (Fsp3) is 0.0588. The van der Waals surface area contributed by atoms with Gasteiger partial charge in [0, 0.05) is 21.8 Å². The van der Waals surface area contributed by atoms with Crippen molar-refractivity contribution < 1.29 is 4.42 Å². The fourth-order valence-corrected chi connectivity index (χ4v) is 3.89. The van der Waals surface area contributed by atoms with Gasteiger partial charge in [0.2, 0.25) is 0 Å². The van der Waals surface area contributed by atoms with Crippen LogP contribution in [0.2, 0.25) is 5.02 Å².